The van der Waals surface area contributed by atoms with E-state index in [-0.39, 0.29) is 12.5 Å². The molecule has 0 unspecified atom stereocenters. The van der Waals surface area contributed by atoms with Gasteiger partial charge in [-0.2, -0.15) is 0 Å². The van der Waals surface area contributed by atoms with Gasteiger partial charge in [-0.15, -0.1) is 0 Å². The van der Waals surface area contributed by atoms with E-state index in [1.54, 1.807) is 0 Å². The summed E-state index contributed by atoms with van der Waals surface area (Å²) in [6.45, 7) is 4.23. The fourth-order valence-electron chi connectivity index (χ4n) is 3.43. The number of hydrogen-bond donors (Lipinski definition) is 1. The van der Waals surface area contributed by atoms with Crippen molar-refractivity contribution in [1.29, 1.82) is 0 Å². The number of nitrogens with one attached hydrogen (secondary N) is 1. The maximum atomic E-state index is 12.4. The van der Waals surface area contributed by atoms with Crippen LogP contribution in [0.25, 0.3) is 10.8 Å². The zero-order valence-corrected chi connectivity index (χ0v) is 17.7. The van der Waals surface area contributed by atoms with Gasteiger partial charge in [0.05, 0.1) is 17.7 Å². The quantitative estimate of drug-likeness (QED) is 0.597. The Kier molecular flexibility index (Phi) is 6.44. The number of benzene rings is 3. The number of rotatable bonds is 6. The van der Waals surface area contributed by atoms with E-state index in [1.165, 1.54) is 5.56 Å². The predicted molar refractivity (Wildman–Crippen MR) is 118 cm³/mol. The van der Waals surface area contributed by atoms with Crippen molar-refractivity contribution in [1.82, 2.24) is 4.90 Å². The second kappa shape index (κ2) is 9.39. The Morgan fingerprint density at radius 1 is 1.07 bits per heavy atom. The lowest BCUT2D eigenvalue weighted by Crippen LogP contribution is -2.35. The molecule has 1 N–H and O–H groups in total. The van der Waals surface area contributed by atoms with Gasteiger partial charge in [0.25, 0.3) is 5.91 Å². The van der Waals surface area contributed by atoms with Gasteiger partial charge in [-0.25, -0.2) is 0 Å². The number of carbonyl (C=O) groups excluding carboxylic acids is 1. The van der Waals surface area contributed by atoms with Crippen molar-refractivity contribution < 1.29 is 14.3 Å². The Bertz CT molecular complexity index is 1000. The number of ether oxygens (including phenoxy) is 2. The van der Waals surface area contributed by atoms with Crippen LogP contribution in [0.4, 0.5) is 5.69 Å². The molecule has 3 aromatic carbocycles. The first-order valence-electron chi connectivity index (χ1n) is 9.68. The largest absolute Gasteiger partial charge is 0.483 e. The summed E-state index contributed by atoms with van der Waals surface area (Å²) in [6, 6.07) is 19.9. The van der Waals surface area contributed by atoms with Crippen molar-refractivity contribution in [3.63, 3.8) is 0 Å². The molecule has 0 spiro atoms. The van der Waals surface area contributed by atoms with Gasteiger partial charge in [-0.1, -0.05) is 42.5 Å². The third-order valence-corrected chi connectivity index (χ3v) is 5.73. The van der Waals surface area contributed by atoms with Gasteiger partial charge in [0.1, 0.15) is 5.75 Å². The van der Waals surface area contributed by atoms with Crippen molar-refractivity contribution in [2.75, 3.05) is 38.2 Å². The van der Waals surface area contributed by atoms with Crippen LogP contribution >= 0.6 is 15.9 Å². The number of hydrogen-bond acceptors (Lipinski definition) is 4. The number of anilines is 1. The molecule has 5 nitrogen and oxygen atoms in total. The topological polar surface area (TPSA) is 50.8 Å². The minimum atomic E-state index is -0.186. The summed E-state index contributed by atoms with van der Waals surface area (Å²) in [5.74, 6) is 0.466. The van der Waals surface area contributed by atoms with E-state index in [0.717, 1.165) is 53.8 Å². The van der Waals surface area contributed by atoms with E-state index in [9.17, 15) is 4.79 Å². The molecule has 1 amide bonds. The van der Waals surface area contributed by atoms with Crippen molar-refractivity contribution in [3.05, 3.63) is 70.7 Å². The number of morpholine rings is 1. The highest BCUT2D eigenvalue weighted by Gasteiger charge is 2.12. The Morgan fingerprint density at radius 3 is 2.76 bits per heavy atom. The molecule has 0 aromatic heterocycles. The second-order valence-corrected chi connectivity index (χ2v) is 7.82. The molecule has 0 atom stereocenters. The Balaban J connectivity index is 1.35. The molecule has 1 aliphatic heterocycles. The molecular weight excluding hydrogens is 432 g/mol. The van der Waals surface area contributed by atoms with Gasteiger partial charge in [-0.05, 0) is 50.5 Å². The summed E-state index contributed by atoms with van der Waals surface area (Å²) in [6.07, 6.45) is 0. The minimum absolute atomic E-state index is 0.0510. The molecule has 1 fully saturated rings. The summed E-state index contributed by atoms with van der Waals surface area (Å²) in [5, 5.41) is 5.10. The molecule has 1 aliphatic rings. The predicted octanol–water partition coefficient (Wildman–Crippen LogP) is 4.45. The summed E-state index contributed by atoms with van der Waals surface area (Å²) in [4.78, 5) is 14.7. The first-order valence-corrected chi connectivity index (χ1v) is 10.5. The van der Waals surface area contributed by atoms with Crippen LogP contribution in [-0.4, -0.2) is 43.7 Å². The standard InChI is InChI=1S/C23H23BrN2O3/c24-23-20-7-2-1-5-18(20)8-9-21(23)29-16-22(27)25-19-6-3-4-17(14-19)15-26-10-12-28-13-11-26/h1-9,14H,10-13,15-16H2,(H,25,27). The van der Waals surface area contributed by atoms with Crippen LogP contribution in [-0.2, 0) is 16.1 Å². The van der Waals surface area contributed by atoms with Crippen LogP contribution < -0.4 is 10.1 Å². The summed E-state index contributed by atoms with van der Waals surface area (Å²) in [5.41, 5.74) is 1.95. The normalized spacial score (nSPS) is 14.7. The summed E-state index contributed by atoms with van der Waals surface area (Å²) < 4.78 is 12.0. The van der Waals surface area contributed by atoms with Crippen molar-refractivity contribution in [2.45, 2.75) is 6.54 Å². The van der Waals surface area contributed by atoms with Crippen molar-refractivity contribution in [2.24, 2.45) is 0 Å². The van der Waals surface area contributed by atoms with Crippen LogP contribution in [0, 0.1) is 0 Å². The number of halogens is 1. The van der Waals surface area contributed by atoms with E-state index in [0.29, 0.717) is 5.75 Å². The zero-order chi connectivity index (χ0) is 20.1. The lowest BCUT2D eigenvalue weighted by Gasteiger charge is -2.26. The Morgan fingerprint density at radius 2 is 1.90 bits per heavy atom. The maximum Gasteiger partial charge on any atom is 0.262 e. The highest BCUT2D eigenvalue weighted by Crippen LogP contribution is 2.33. The molecule has 0 bridgehead atoms. The van der Waals surface area contributed by atoms with Crippen LogP contribution in [0.15, 0.2) is 65.1 Å². The van der Waals surface area contributed by atoms with Crippen LogP contribution in [0.3, 0.4) is 0 Å². The molecule has 4 rings (SSSR count). The van der Waals surface area contributed by atoms with Crippen molar-refractivity contribution >= 4 is 38.3 Å². The van der Waals surface area contributed by atoms with E-state index in [4.69, 9.17) is 9.47 Å². The zero-order valence-electron chi connectivity index (χ0n) is 16.1. The fraction of sp³-hybridized carbons (Fsp3) is 0.261. The maximum absolute atomic E-state index is 12.4. The highest BCUT2D eigenvalue weighted by atomic mass is 79.9. The smallest absolute Gasteiger partial charge is 0.262 e. The molecule has 0 radical (unpaired) electrons. The summed E-state index contributed by atoms with van der Waals surface area (Å²) >= 11 is 3.59. The molecule has 6 heteroatoms. The van der Waals surface area contributed by atoms with Gasteiger partial charge in [-0.3, -0.25) is 9.69 Å². The molecule has 1 saturated heterocycles. The molecule has 0 aliphatic carbocycles. The average Bonchev–Trinajstić information content (AvgIpc) is 2.74. The monoisotopic (exact) mass is 454 g/mol. The van der Waals surface area contributed by atoms with Gasteiger partial charge in [0.2, 0.25) is 0 Å². The van der Waals surface area contributed by atoms with Gasteiger partial charge in [0.15, 0.2) is 6.61 Å². The van der Waals surface area contributed by atoms with Gasteiger partial charge >= 0.3 is 0 Å². The third-order valence-electron chi connectivity index (χ3n) is 4.91. The highest BCUT2D eigenvalue weighted by molar-refractivity contribution is 9.10. The molecule has 0 saturated carbocycles. The van der Waals surface area contributed by atoms with Gasteiger partial charge in [0, 0.05) is 25.3 Å². The average molecular weight is 455 g/mol. The molecule has 29 heavy (non-hydrogen) atoms. The number of carbonyl (C=O) groups is 1. The summed E-state index contributed by atoms with van der Waals surface area (Å²) in [7, 11) is 0. The lowest BCUT2D eigenvalue weighted by molar-refractivity contribution is -0.118. The molecular formula is C23H23BrN2O3. The molecule has 3 aromatic rings. The third kappa shape index (κ3) is 5.15. The first kappa shape index (κ1) is 19.9. The lowest BCUT2D eigenvalue weighted by atomic mass is 10.1. The molecule has 150 valence electrons. The van der Waals surface area contributed by atoms with Crippen LogP contribution in [0.1, 0.15) is 5.56 Å². The Hall–Kier alpha value is -2.41. The van der Waals surface area contributed by atoms with E-state index in [2.05, 4.69) is 32.2 Å². The van der Waals surface area contributed by atoms with Gasteiger partial charge < -0.3 is 14.8 Å². The van der Waals surface area contributed by atoms with Crippen LogP contribution in [0.5, 0.6) is 5.75 Å². The number of nitrogens with zero attached hydrogens (tertiary/aromatic N) is 1. The first-order chi connectivity index (χ1) is 14.2. The molecule has 1 heterocycles. The number of amides is 1. The Labute approximate surface area is 178 Å². The second-order valence-electron chi connectivity index (χ2n) is 7.02. The van der Waals surface area contributed by atoms with E-state index in [1.807, 2.05) is 54.6 Å². The van der Waals surface area contributed by atoms with E-state index >= 15 is 0 Å². The SMILES string of the molecule is O=C(COc1ccc2ccccc2c1Br)Nc1cccc(CN2CCOCC2)c1. The fourth-order valence-corrected chi connectivity index (χ4v) is 4.04. The number of fused-ring (bicyclic) bond motifs is 1. The van der Waals surface area contributed by atoms with Crippen molar-refractivity contribution in [3.8, 4) is 5.75 Å². The van der Waals surface area contributed by atoms with E-state index < -0.39 is 0 Å². The van der Waals surface area contributed by atoms with Crippen LogP contribution in [0.2, 0.25) is 0 Å². The minimum Gasteiger partial charge on any atom is -0.483 e.